The van der Waals surface area contributed by atoms with Crippen LogP contribution in [0.3, 0.4) is 0 Å². The standard InChI is InChI=1S/C8H17N3O2/c1-8(2,9)7(13)10-5-6(12)11(3)4/h5,9H2,1-4H3,(H,10,13). The van der Waals surface area contributed by atoms with Gasteiger partial charge in [-0.15, -0.1) is 0 Å². The molecule has 0 saturated carbocycles. The smallest absolute Gasteiger partial charge is 0.241 e. The fourth-order valence-electron chi connectivity index (χ4n) is 0.542. The summed E-state index contributed by atoms with van der Waals surface area (Å²) in [4.78, 5) is 23.6. The van der Waals surface area contributed by atoms with Gasteiger partial charge in [-0.3, -0.25) is 9.59 Å². The predicted octanol–water partition coefficient (Wildman–Crippen LogP) is -1.07. The van der Waals surface area contributed by atoms with Crippen LogP contribution < -0.4 is 11.1 Å². The van der Waals surface area contributed by atoms with E-state index in [0.29, 0.717) is 0 Å². The third kappa shape index (κ3) is 4.47. The summed E-state index contributed by atoms with van der Waals surface area (Å²) in [5.74, 6) is -0.486. The summed E-state index contributed by atoms with van der Waals surface area (Å²) in [5.41, 5.74) is 4.57. The fourth-order valence-corrected chi connectivity index (χ4v) is 0.542. The van der Waals surface area contributed by atoms with E-state index in [0.717, 1.165) is 0 Å². The van der Waals surface area contributed by atoms with Gasteiger partial charge in [-0.25, -0.2) is 0 Å². The quantitative estimate of drug-likeness (QED) is 0.590. The van der Waals surface area contributed by atoms with Crippen LogP contribution in [0.5, 0.6) is 0 Å². The third-order valence-electron chi connectivity index (χ3n) is 1.48. The van der Waals surface area contributed by atoms with E-state index in [9.17, 15) is 9.59 Å². The Kier molecular flexibility index (Phi) is 3.87. The second kappa shape index (κ2) is 4.23. The van der Waals surface area contributed by atoms with Crippen LogP contribution in [0.2, 0.25) is 0 Å². The van der Waals surface area contributed by atoms with Gasteiger partial charge in [0.15, 0.2) is 0 Å². The minimum Gasteiger partial charge on any atom is -0.347 e. The summed E-state index contributed by atoms with van der Waals surface area (Å²) in [6.45, 7) is 3.16. The molecule has 0 unspecified atom stereocenters. The topological polar surface area (TPSA) is 75.4 Å². The van der Waals surface area contributed by atoms with Gasteiger partial charge in [0.2, 0.25) is 11.8 Å². The predicted molar refractivity (Wildman–Crippen MR) is 50.0 cm³/mol. The molecule has 5 nitrogen and oxygen atoms in total. The van der Waals surface area contributed by atoms with E-state index in [1.54, 1.807) is 27.9 Å². The van der Waals surface area contributed by atoms with Crippen LogP contribution in [-0.2, 0) is 9.59 Å². The van der Waals surface area contributed by atoms with Crippen molar-refractivity contribution in [3.05, 3.63) is 0 Å². The monoisotopic (exact) mass is 187 g/mol. The number of amides is 2. The van der Waals surface area contributed by atoms with Crippen molar-refractivity contribution in [3.8, 4) is 0 Å². The van der Waals surface area contributed by atoms with Crippen molar-refractivity contribution < 1.29 is 9.59 Å². The molecule has 0 spiro atoms. The second-order valence-electron chi connectivity index (χ2n) is 3.69. The third-order valence-corrected chi connectivity index (χ3v) is 1.48. The summed E-state index contributed by atoms with van der Waals surface area (Å²) < 4.78 is 0. The van der Waals surface area contributed by atoms with Gasteiger partial charge in [-0.2, -0.15) is 0 Å². The molecule has 0 aliphatic heterocycles. The van der Waals surface area contributed by atoms with Gasteiger partial charge in [0.05, 0.1) is 12.1 Å². The fraction of sp³-hybridized carbons (Fsp3) is 0.750. The molecule has 0 aliphatic rings. The van der Waals surface area contributed by atoms with E-state index < -0.39 is 5.54 Å². The Morgan fingerprint density at radius 3 is 2.15 bits per heavy atom. The second-order valence-corrected chi connectivity index (χ2v) is 3.69. The van der Waals surface area contributed by atoms with E-state index in [2.05, 4.69) is 5.32 Å². The lowest BCUT2D eigenvalue weighted by Crippen LogP contribution is -2.51. The van der Waals surface area contributed by atoms with Crippen molar-refractivity contribution in [3.63, 3.8) is 0 Å². The Morgan fingerprint density at radius 2 is 1.85 bits per heavy atom. The van der Waals surface area contributed by atoms with Crippen LogP contribution in [0.25, 0.3) is 0 Å². The van der Waals surface area contributed by atoms with Crippen molar-refractivity contribution in [2.75, 3.05) is 20.6 Å². The maximum absolute atomic E-state index is 11.2. The Morgan fingerprint density at radius 1 is 1.38 bits per heavy atom. The molecule has 3 N–H and O–H groups in total. The molecule has 0 fully saturated rings. The van der Waals surface area contributed by atoms with Crippen LogP contribution in [0.15, 0.2) is 0 Å². The first-order valence-electron chi connectivity index (χ1n) is 4.02. The van der Waals surface area contributed by atoms with Gasteiger partial charge in [-0.05, 0) is 13.8 Å². The number of carbonyl (C=O) groups is 2. The van der Waals surface area contributed by atoms with Crippen molar-refractivity contribution in [2.45, 2.75) is 19.4 Å². The molecule has 13 heavy (non-hydrogen) atoms. The van der Waals surface area contributed by atoms with Gasteiger partial charge in [0, 0.05) is 14.1 Å². The van der Waals surface area contributed by atoms with E-state index >= 15 is 0 Å². The molecule has 0 aromatic carbocycles. The lowest BCUT2D eigenvalue weighted by molar-refractivity contribution is -0.132. The zero-order chi connectivity index (χ0) is 10.6. The summed E-state index contributed by atoms with van der Waals surface area (Å²) in [6.07, 6.45) is 0. The largest absolute Gasteiger partial charge is 0.347 e. The van der Waals surface area contributed by atoms with Gasteiger partial charge >= 0.3 is 0 Å². The Balaban J connectivity index is 3.92. The first kappa shape index (κ1) is 11.9. The summed E-state index contributed by atoms with van der Waals surface area (Å²) in [6, 6.07) is 0. The summed E-state index contributed by atoms with van der Waals surface area (Å²) >= 11 is 0. The number of carbonyl (C=O) groups excluding carboxylic acids is 2. The SMILES string of the molecule is CN(C)C(=O)CNC(=O)C(C)(C)N. The van der Waals surface area contributed by atoms with Gasteiger partial charge in [-0.1, -0.05) is 0 Å². The van der Waals surface area contributed by atoms with Crippen molar-refractivity contribution in [1.29, 1.82) is 0 Å². The normalized spacial score (nSPS) is 10.8. The molecule has 2 amide bonds. The molecule has 0 bridgehead atoms. The van der Waals surface area contributed by atoms with Gasteiger partial charge < -0.3 is 16.0 Å². The maximum Gasteiger partial charge on any atom is 0.241 e. The molecule has 0 radical (unpaired) electrons. The first-order valence-corrected chi connectivity index (χ1v) is 4.02. The highest BCUT2D eigenvalue weighted by Gasteiger charge is 2.22. The Hall–Kier alpha value is -1.10. The number of nitrogens with zero attached hydrogens (tertiary/aromatic N) is 1. The average molecular weight is 187 g/mol. The van der Waals surface area contributed by atoms with E-state index in [1.165, 1.54) is 4.90 Å². The Labute approximate surface area is 78.3 Å². The van der Waals surface area contributed by atoms with Crippen molar-refractivity contribution in [1.82, 2.24) is 10.2 Å². The lowest BCUT2D eigenvalue weighted by atomic mass is 10.1. The molecule has 0 heterocycles. The molecule has 0 rings (SSSR count). The van der Waals surface area contributed by atoms with Crippen LogP contribution >= 0.6 is 0 Å². The van der Waals surface area contributed by atoms with E-state index in [-0.39, 0.29) is 18.4 Å². The van der Waals surface area contributed by atoms with Crippen molar-refractivity contribution >= 4 is 11.8 Å². The van der Waals surface area contributed by atoms with Crippen LogP contribution in [-0.4, -0.2) is 42.9 Å². The summed E-state index contributed by atoms with van der Waals surface area (Å²) in [7, 11) is 3.25. The van der Waals surface area contributed by atoms with Gasteiger partial charge in [0.1, 0.15) is 0 Å². The highest BCUT2D eigenvalue weighted by atomic mass is 16.2. The number of hydrogen-bond acceptors (Lipinski definition) is 3. The van der Waals surface area contributed by atoms with E-state index in [1.807, 2.05) is 0 Å². The number of nitrogens with one attached hydrogen (secondary N) is 1. The molecule has 0 aliphatic carbocycles. The van der Waals surface area contributed by atoms with E-state index in [4.69, 9.17) is 5.73 Å². The zero-order valence-corrected chi connectivity index (χ0v) is 8.55. The molecule has 76 valence electrons. The molecular weight excluding hydrogens is 170 g/mol. The lowest BCUT2D eigenvalue weighted by Gasteiger charge is -2.18. The number of rotatable bonds is 3. The Bertz CT molecular complexity index is 206. The highest BCUT2D eigenvalue weighted by molar-refractivity contribution is 5.89. The highest BCUT2D eigenvalue weighted by Crippen LogP contribution is 1.94. The molecule has 0 saturated heterocycles. The molecule has 0 atom stereocenters. The molecule has 0 aromatic heterocycles. The van der Waals surface area contributed by atoms with Crippen LogP contribution in [0, 0.1) is 0 Å². The van der Waals surface area contributed by atoms with Crippen LogP contribution in [0.1, 0.15) is 13.8 Å². The first-order chi connectivity index (χ1) is 5.75. The maximum atomic E-state index is 11.2. The number of nitrogens with two attached hydrogens (primary N) is 1. The zero-order valence-electron chi connectivity index (χ0n) is 8.55. The minimum absolute atomic E-state index is 0.00748. The van der Waals surface area contributed by atoms with Crippen molar-refractivity contribution in [2.24, 2.45) is 5.73 Å². The molecule has 5 heteroatoms. The molecule has 0 aromatic rings. The molecular formula is C8H17N3O2. The average Bonchev–Trinajstić information content (AvgIpc) is 1.97. The van der Waals surface area contributed by atoms with Crippen LogP contribution in [0.4, 0.5) is 0 Å². The number of hydrogen-bond donors (Lipinski definition) is 2. The summed E-state index contributed by atoms with van der Waals surface area (Å²) in [5, 5.41) is 2.45. The minimum atomic E-state index is -0.938. The van der Waals surface area contributed by atoms with Gasteiger partial charge in [0.25, 0.3) is 0 Å². The number of likely N-dealkylation sites (N-methyl/N-ethyl adjacent to an activating group) is 1.